The van der Waals surface area contributed by atoms with Crippen LogP contribution in [0.4, 0.5) is 11.6 Å². The second-order valence-electron chi connectivity index (χ2n) is 5.40. The van der Waals surface area contributed by atoms with Gasteiger partial charge in [-0.05, 0) is 12.1 Å². The van der Waals surface area contributed by atoms with E-state index < -0.39 is 22.6 Å². The Balaban J connectivity index is 1.65. The number of nitrogens with zero attached hydrogens (tertiary/aromatic N) is 2. The topological polar surface area (TPSA) is 127 Å². The number of carbonyl (C=O) groups excluding carboxylic acids is 1. The van der Waals surface area contributed by atoms with E-state index in [1.54, 1.807) is 12.1 Å². The second-order valence-corrected chi connectivity index (χ2v) is 7.05. The molecule has 11 heteroatoms. The van der Waals surface area contributed by atoms with E-state index >= 15 is 0 Å². The number of nitrogens with one attached hydrogen (secondary N) is 1. The summed E-state index contributed by atoms with van der Waals surface area (Å²) in [7, 11) is -3.51. The van der Waals surface area contributed by atoms with Crippen molar-refractivity contribution in [3.05, 3.63) is 12.1 Å². The predicted octanol–water partition coefficient (Wildman–Crippen LogP) is -0.740. The van der Waals surface area contributed by atoms with Crippen molar-refractivity contribution in [2.75, 3.05) is 36.2 Å². The van der Waals surface area contributed by atoms with Crippen LogP contribution in [-0.2, 0) is 23.8 Å². The highest BCUT2D eigenvalue weighted by atomic mass is 32.2. The van der Waals surface area contributed by atoms with Gasteiger partial charge in [0, 0.05) is 6.42 Å². The maximum atomic E-state index is 11.3. The number of ether oxygens (including phenoxy) is 2. The molecule has 3 rings (SSSR count). The molecule has 1 aromatic rings. The summed E-state index contributed by atoms with van der Waals surface area (Å²) in [6, 6.07) is 3.28. The number of anilines is 2. The Hall–Kier alpha value is -1.95. The van der Waals surface area contributed by atoms with Crippen LogP contribution in [0.15, 0.2) is 12.1 Å². The molecule has 0 radical (unpaired) electrons. The summed E-state index contributed by atoms with van der Waals surface area (Å²) in [6.07, 6.45) is -0.368. The number of pyridine rings is 1. The number of carbonyl (C=O) groups is 1. The Morgan fingerprint density at radius 3 is 3.04 bits per heavy atom. The van der Waals surface area contributed by atoms with Gasteiger partial charge in [-0.15, -0.1) is 0 Å². The van der Waals surface area contributed by atoms with E-state index in [9.17, 15) is 18.3 Å². The summed E-state index contributed by atoms with van der Waals surface area (Å²) in [4.78, 5) is 17.1. The maximum Gasteiger partial charge on any atom is 0.264 e. The van der Waals surface area contributed by atoms with Gasteiger partial charge in [-0.1, -0.05) is 0 Å². The smallest absolute Gasteiger partial charge is 0.264 e. The Kier molecular flexibility index (Phi) is 4.58. The molecular weight excluding hydrogens is 342 g/mol. The number of aliphatic hydroxyl groups excluding tert-OH is 1. The lowest BCUT2D eigenvalue weighted by atomic mass is 10.2. The number of fused-ring (bicyclic) bond motifs is 1. The van der Waals surface area contributed by atoms with Crippen molar-refractivity contribution < 1.29 is 32.0 Å². The van der Waals surface area contributed by atoms with Gasteiger partial charge in [0.2, 0.25) is 6.41 Å². The average molecular weight is 359 g/mol. The number of amides is 1. The molecule has 0 aromatic carbocycles. The van der Waals surface area contributed by atoms with Crippen molar-refractivity contribution in [3.8, 4) is 5.75 Å². The van der Waals surface area contributed by atoms with Crippen LogP contribution < -0.4 is 15.0 Å². The standard InChI is InChI=1S/C13H17N3O7S/c1-24(19,20)22-5-4-8-6-16(13(18)23-8)10-3-2-9-12(14-10)15-11(17)7-21-9/h2-3,8,13,18H,4-7H2,1H3,(H,14,15,17). The number of hydrogen-bond acceptors (Lipinski definition) is 9. The molecule has 2 unspecified atom stereocenters. The van der Waals surface area contributed by atoms with Crippen molar-refractivity contribution >= 4 is 27.7 Å². The van der Waals surface area contributed by atoms with Crippen LogP contribution in [0.3, 0.4) is 0 Å². The minimum Gasteiger partial charge on any atom is -0.480 e. The van der Waals surface area contributed by atoms with Crippen molar-refractivity contribution in [1.82, 2.24) is 4.98 Å². The van der Waals surface area contributed by atoms with Gasteiger partial charge in [0.1, 0.15) is 5.82 Å². The zero-order valence-corrected chi connectivity index (χ0v) is 13.7. The van der Waals surface area contributed by atoms with Crippen LogP contribution in [-0.4, -0.2) is 62.9 Å². The van der Waals surface area contributed by atoms with Gasteiger partial charge in [0.15, 0.2) is 18.2 Å². The zero-order valence-electron chi connectivity index (χ0n) is 12.8. The molecule has 0 aliphatic carbocycles. The van der Waals surface area contributed by atoms with Gasteiger partial charge in [0.25, 0.3) is 16.0 Å². The first-order valence-electron chi connectivity index (χ1n) is 7.20. The molecule has 2 N–H and O–H groups in total. The first kappa shape index (κ1) is 16.9. The summed E-state index contributed by atoms with van der Waals surface area (Å²) < 4.78 is 37.1. The molecule has 0 bridgehead atoms. The Morgan fingerprint density at radius 1 is 1.50 bits per heavy atom. The van der Waals surface area contributed by atoms with Gasteiger partial charge < -0.3 is 24.8 Å². The zero-order chi connectivity index (χ0) is 17.3. The molecule has 3 heterocycles. The predicted molar refractivity (Wildman–Crippen MR) is 82.0 cm³/mol. The maximum absolute atomic E-state index is 11.3. The van der Waals surface area contributed by atoms with Crippen molar-refractivity contribution in [3.63, 3.8) is 0 Å². The van der Waals surface area contributed by atoms with Gasteiger partial charge in [-0.3, -0.25) is 8.98 Å². The third-order valence-corrected chi connectivity index (χ3v) is 4.07. The van der Waals surface area contributed by atoms with Gasteiger partial charge >= 0.3 is 0 Å². The van der Waals surface area contributed by atoms with E-state index in [1.807, 2.05) is 0 Å². The van der Waals surface area contributed by atoms with Crippen LogP contribution in [0, 0.1) is 0 Å². The molecule has 24 heavy (non-hydrogen) atoms. The van der Waals surface area contributed by atoms with E-state index in [0.717, 1.165) is 6.26 Å². The minimum atomic E-state index is -3.51. The lowest BCUT2D eigenvalue weighted by Crippen LogP contribution is -2.32. The Bertz CT molecular complexity index is 739. The van der Waals surface area contributed by atoms with Crippen LogP contribution in [0.5, 0.6) is 5.75 Å². The molecule has 1 amide bonds. The molecule has 132 valence electrons. The van der Waals surface area contributed by atoms with Crippen LogP contribution in [0.1, 0.15) is 6.42 Å². The summed E-state index contributed by atoms with van der Waals surface area (Å²) in [5.41, 5.74) is 0. The van der Waals surface area contributed by atoms with Crippen molar-refractivity contribution in [2.45, 2.75) is 18.9 Å². The molecule has 0 spiro atoms. The number of aliphatic hydroxyl groups is 1. The van der Waals surface area contributed by atoms with Crippen LogP contribution >= 0.6 is 0 Å². The Morgan fingerprint density at radius 2 is 2.29 bits per heavy atom. The first-order chi connectivity index (χ1) is 11.3. The van der Waals surface area contributed by atoms with Crippen molar-refractivity contribution in [2.24, 2.45) is 0 Å². The normalized spacial score (nSPS) is 23.6. The van der Waals surface area contributed by atoms with Crippen LogP contribution in [0.2, 0.25) is 0 Å². The Labute approximate surface area is 138 Å². The molecule has 1 saturated heterocycles. The molecule has 0 saturated carbocycles. The molecule has 1 fully saturated rings. The third kappa shape index (κ3) is 3.93. The van der Waals surface area contributed by atoms with E-state index in [2.05, 4.69) is 14.5 Å². The number of rotatable bonds is 5. The van der Waals surface area contributed by atoms with E-state index in [4.69, 9.17) is 9.47 Å². The largest absolute Gasteiger partial charge is 0.480 e. The third-order valence-electron chi connectivity index (χ3n) is 3.47. The van der Waals surface area contributed by atoms with Gasteiger partial charge in [0.05, 0.1) is 25.5 Å². The van der Waals surface area contributed by atoms with Gasteiger partial charge in [-0.25, -0.2) is 4.98 Å². The fraction of sp³-hybridized carbons (Fsp3) is 0.538. The highest BCUT2D eigenvalue weighted by Crippen LogP contribution is 2.31. The van der Waals surface area contributed by atoms with Crippen molar-refractivity contribution in [1.29, 1.82) is 0 Å². The summed E-state index contributed by atoms with van der Waals surface area (Å²) in [6.45, 7) is 0.201. The quantitative estimate of drug-likeness (QED) is 0.653. The highest BCUT2D eigenvalue weighted by molar-refractivity contribution is 7.85. The number of aromatic nitrogens is 1. The monoisotopic (exact) mass is 359 g/mol. The van der Waals surface area contributed by atoms with E-state index in [0.29, 0.717) is 24.5 Å². The fourth-order valence-electron chi connectivity index (χ4n) is 2.41. The lowest BCUT2D eigenvalue weighted by Gasteiger charge is -2.22. The average Bonchev–Trinajstić information content (AvgIpc) is 2.86. The summed E-state index contributed by atoms with van der Waals surface area (Å²) >= 11 is 0. The molecule has 1 aromatic heterocycles. The highest BCUT2D eigenvalue weighted by Gasteiger charge is 2.33. The number of hydrogen-bond donors (Lipinski definition) is 2. The fourth-order valence-corrected chi connectivity index (χ4v) is 2.81. The second kappa shape index (κ2) is 6.51. The lowest BCUT2D eigenvalue weighted by molar-refractivity contribution is -0.118. The molecule has 2 atom stereocenters. The van der Waals surface area contributed by atoms with Gasteiger partial charge in [-0.2, -0.15) is 8.42 Å². The SMILES string of the molecule is CS(=O)(=O)OCCC1CN(c2ccc3c(n2)NC(=O)CO3)C(O)O1. The summed E-state index contributed by atoms with van der Waals surface area (Å²) in [5.74, 6) is 0.825. The van der Waals surface area contributed by atoms with E-state index in [1.165, 1.54) is 4.90 Å². The molecule has 2 aliphatic heterocycles. The van der Waals surface area contributed by atoms with Crippen LogP contribution in [0.25, 0.3) is 0 Å². The first-order valence-corrected chi connectivity index (χ1v) is 9.02. The summed E-state index contributed by atoms with van der Waals surface area (Å²) in [5, 5.41) is 12.6. The minimum absolute atomic E-state index is 0.0361. The van der Waals surface area contributed by atoms with E-state index in [-0.39, 0.29) is 24.9 Å². The molecular formula is C13H17N3O7S. The molecule has 10 nitrogen and oxygen atoms in total. The molecule has 2 aliphatic rings.